The molecule has 1 unspecified atom stereocenters. The zero-order valence-corrected chi connectivity index (χ0v) is 17.5. The van der Waals surface area contributed by atoms with Crippen molar-refractivity contribution in [1.29, 1.82) is 0 Å². The molecule has 1 saturated carbocycles. The number of hydrogen-bond acceptors (Lipinski definition) is 4. The monoisotopic (exact) mass is 423 g/mol. The molecule has 2 aliphatic heterocycles. The zero-order valence-electron chi connectivity index (χ0n) is 17.5. The summed E-state index contributed by atoms with van der Waals surface area (Å²) in [5.41, 5.74) is 0.923. The van der Waals surface area contributed by atoms with E-state index in [1.807, 2.05) is 30.3 Å². The Hall–Kier alpha value is -2.96. The third-order valence-corrected chi connectivity index (χ3v) is 6.85. The molecule has 3 fully saturated rings. The Balaban J connectivity index is 1.45. The van der Waals surface area contributed by atoms with Crippen LogP contribution in [0.1, 0.15) is 37.7 Å². The van der Waals surface area contributed by atoms with Gasteiger partial charge in [-0.15, -0.1) is 0 Å². The van der Waals surface area contributed by atoms with Crippen LogP contribution in [0.2, 0.25) is 0 Å². The van der Waals surface area contributed by atoms with Gasteiger partial charge in [0, 0.05) is 25.1 Å². The van der Waals surface area contributed by atoms with E-state index in [-0.39, 0.29) is 29.6 Å². The SMILES string of the molecule is O=C[C@H](C[C@@H]1CCNC1=O)NC(=O)[C@@H]1C2CCC[C@H]2CN1C(=O)/C=C/c1ccccc1. The van der Waals surface area contributed by atoms with Gasteiger partial charge in [-0.05, 0) is 49.2 Å². The van der Waals surface area contributed by atoms with Gasteiger partial charge in [0.1, 0.15) is 12.3 Å². The Bertz CT molecular complexity index is 869. The highest BCUT2D eigenvalue weighted by atomic mass is 16.2. The number of fused-ring (bicyclic) bond motifs is 1. The smallest absolute Gasteiger partial charge is 0.247 e. The maximum Gasteiger partial charge on any atom is 0.247 e. The fourth-order valence-electron chi connectivity index (χ4n) is 5.29. The molecule has 7 heteroatoms. The van der Waals surface area contributed by atoms with Crippen molar-refractivity contribution in [2.24, 2.45) is 17.8 Å². The van der Waals surface area contributed by atoms with Crippen molar-refractivity contribution >= 4 is 30.1 Å². The number of carbonyl (C=O) groups excluding carboxylic acids is 4. The van der Waals surface area contributed by atoms with Crippen LogP contribution in [0.5, 0.6) is 0 Å². The molecule has 164 valence electrons. The van der Waals surface area contributed by atoms with E-state index in [1.54, 1.807) is 11.0 Å². The highest BCUT2D eigenvalue weighted by molar-refractivity contribution is 5.96. The van der Waals surface area contributed by atoms with Crippen LogP contribution < -0.4 is 10.6 Å². The van der Waals surface area contributed by atoms with Gasteiger partial charge in [0.05, 0.1) is 6.04 Å². The molecule has 2 heterocycles. The Morgan fingerprint density at radius 1 is 1.19 bits per heavy atom. The average Bonchev–Trinajstić information content (AvgIpc) is 3.48. The molecule has 1 aromatic carbocycles. The number of amides is 3. The molecular formula is C24H29N3O4. The first-order chi connectivity index (χ1) is 15.1. The van der Waals surface area contributed by atoms with Crippen molar-refractivity contribution in [2.45, 2.75) is 44.2 Å². The molecule has 5 atom stereocenters. The highest BCUT2D eigenvalue weighted by Gasteiger charge is 2.49. The van der Waals surface area contributed by atoms with Gasteiger partial charge in [-0.25, -0.2) is 0 Å². The Morgan fingerprint density at radius 3 is 2.71 bits per heavy atom. The number of nitrogens with zero attached hydrogens (tertiary/aromatic N) is 1. The summed E-state index contributed by atoms with van der Waals surface area (Å²) in [5, 5.41) is 5.58. The first kappa shape index (κ1) is 21.3. The van der Waals surface area contributed by atoms with Gasteiger partial charge >= 0.3 is 0 Å². The number of nitrogens with one attached hydrogen (secondary N) is 2. The quantitative estimate of drug-likeness (QED) is 0.514. The predicted octanol–water partition coefficient (Wildman–Crippen LogP) is 1.54. The zero-order chi connectivity index (χ0) is 21.8. The van der Waals surface area contributed by atoms with Gasteiger partial charge in [0.2, 0.25) is 17.7 Å². The number of benzene rings is 1. The van der Waals surface area contributed by atoms with E-state index in [9.17, 15) is 19.2 Å². The van der Waals surface area contributed by atoms with E-state index < -0.39 is 12.1 Å². The predicted molar refractivity (Wildman–Crippen MR) is 116 cm³/mol. The maximum absolute atomic E-state index is 13.2. The summed E-state index contributed by atoms with van der Waals surface area (Å²) in [4.78, 5) is 51.3. The minimum absolute atomic E-state index is 0.0688. The molecule has 3 amide bonds. The van der Waals surface area contributed by atoms with E-state index >= 15 is 0 Å². The maximum atomic E-state index is 13.2. The van der Waals surface area contributed by atoms with Crippen molar-refractivity contribution in [2.75, 3.05) is 13.1 Å². The average molecular weight is 424 g/mol. The van der Waals surface area contributed by atoms with E-state index in [0.717, 1.165) is 24.8 Å². The van der Waals surface area contributed by atoms with Crippen LogP contribution in [0.3, 0.4) is 0 Å². The van der Waals surface area contributed by atoms with Crippen molar-refractivity contribution in [3.8, 4) is 0 Å². The standard InChI is InChI=1S/C24H29N3O4/c28-15-19(13-17-11-12-25-23(17)30)26-24(31)22-20-8-4-7-18(20)14-27(22)21(29)10-9-16-5-2-1-3-6-16/h1-3,5-6,9-10,15,17-20,22H,4,7-8,11-14H2,(H,25,30)(H,26,31)/b10-9+/t17-,18-,19-,20?,22-/m0/s1. The molecule has 31 heavy (non-hydrogen) atoms. The molecule has 1 aliphatic carbocycles. The molecule has 7 nitrogen and oxygen atoms in total. The topological polar surface area (TPSA) is 95.6 Å². The Kier molecular flexibility index (Phi) is 6.49. The summed E-state index contributed by atoms with van der Waals surface area (Å²) in [6.45, 7) is 1.17. The van der Waals surface area contributed by atoms with Crippen molar-refractivity contribution in [1.82, 2.24) is 15.5 Å². The minimum atomic E-state index is -0.724. The van der Waals surface area contributed by atoms with Gasteiger partial charge in [-0.1, -0.05) is 36.8 Å². The van der Waals surface area contributed by atoms with Crippen molar-refractivity contribution in [3.63, 3.8) is 0 Å². The lowest BCUT2D eigenvalue weighted by Crippen LogP contribution is -2.51. The summed E-state index contributed by atoms with van der Waals surface area (Å²) in [5.74, 6) is -0.357. The third-order valence-electron chi connectivity index (χ3n) is 6.85. The van der Waals surface area contributed by atoms with E-state index in [1.165, 1.54) is 6.08 Å². The van der Waals surface area contributed by atoms with Gasteiger partial charge in [-0.3, -0.25) is 14.4 Å². The third kappa shape index (κ3) is 4.70. The number of hydrogen-bond donors (Lipinski definition) is 2. The van der Waals surface area contributed by atoms with Crippen molar-refractivity contribution in [3.05, 3.63) is 42.0 Å². The van der Waals surface area contributed by atoms with E-state index in [4.69, 9.17) is 0 Å². The van der Waals surface area contributed by atoms with Crippen LogP contribution in [0.4, 0.5) is 0 Å². The fourth-order valence-corrected chi connectivity index (χ4v) is 5.29. The van der Waals surface area contributed by atoms with Gasteiger partial charge < -0.3 is 20.3 Å². The summed E-state index contributed by atoms with van der Waals surface area (Å²) in [6.07, 6.45) is 7.93. The molecule has 2 N–H and O–H groups in total. The summed E-state index contributed by atoms with van der Waals surface area (Å²) in [7, 11) is 0. The van der Waals surface area contributed by atoms with Crippen LogP contribution in [0.25, 0.3) is 6.08 Å². The highest BCUT2D eigenvalue weighted by Crippen LogP contribution is 2.42. The lowest BCUT2D eigenvalue weighted by molar-refractivity contribution is -0.137. The minimum Gasteiger partial charge on any atom is -0.356 e. The Labute approximate surface area is 182 Å². The number of carbonyl (C=O) groups is 4. The van der Waals surface area contributed by atoms with E-state index in [2.05, 4.69) is 10.6 Å². The first-order valence-corrected chi connectivity index (χ1v) is 11.1. The lowest BCUT2D eigenvalue weighted by atomic mass is 9.92. The van der Waals surface area contributed by atoms with Gasteiger partial charge in [0.25, 0.3) is 0 Å². The molecule has 3 aliphatic rings. The second-order valence-electron chi connectivity index (χ2n) is 8.80. The molecule has 0 bridgehead atoms. The number of aldehydes is 1. The molecule has 0 spiro atoms. The van der Waals surface area contributed by atoms with Gasteiger partial charge in [-0.2, -0.15) is 0 Å². The van der Waals surface area contributed by atoms with Crippen molar-refractivity contribution < 1.29 is 19.2 Å². The second-order valence-corrected chi connectivity index (χ2v) is 8.80. The van der Waals surface area contributed by atoms with Crippen LogP contribution in [-0.2, 0) is 19.2 Å². The largest absolute Gasteiger partial charge is 0.356 e. The molecule has 4 rings (SSSR count). The van der Waals surface area contributed by atoms with Crippen LogP contribution >= 0.6 is 0 Å². The molecule has 0 radical (unpaired) electrons. The molecular weight excluding hydrogens is 394 g/mol. The summed E-state index contributed by atoms with van der Waals surface area (Å²) in [6, 6.07) is 8.27. The van der Waals surface area contributed by atoms with Gasteiger partial charge in [0.15, 0.2) is 0 Å². The number of rotatable bonds is 7. The van der Waals surface area contributed by atoms with E-state index in [0.29, 0.717) is 38.1 Å². The number of likely N-dealkylation sites (tertiary alicyclic amines) is 1. The lowest BCUT2D eigenvalue weighted by Gasteiger charge is -2.27. The summed E-state index contributed by atoms with van der Waals surface area (Å²) >= 11 is 0. The Morgan fingerprint density at radius 2 is 2.00 bits per heavy atom. The molecule has 1 aromatic rings. The fraction of sp³-hybridized carbons (Fsp3) is 0.500. The molecule has 0 aromatic heterocycles. The van der Waals surface area contributed by atoms with Crippen LogP contribution in [0.15, 0.2) is 36.4 Å². The van der Waals surface area contributed by atoms with Crippen LogP contribution in [0, 0.1) is 17.8 Å². The normalized spacial score (nSPS) is 28.4. The second kappa shape index (κ2) is 9.45. The van der Waals surface area contributed by atoms with Crippen LogP contribution in [-0.4, -0.2) is 54.1 Å². The molecule has 2 saturated heterocycles. The first-order valence-electron chi connectivity index (χ1n) is 11.1. The summed E-state index contributed by atoms with van der Waals surface area (Å²) < 4.78 is 0.